The highest BCUT2D eigenvalue weighted by atomic mass is 32.2. The van der Waals surface area contributed by atoms with Crippen molar-refractivity contribution >= 4 is 34.7 Å². The lowest BCUT2D eigenvalue weighted by Crippen LogP contribution is -2.15. The van der Waals surface area contributed by atoms with Crippen LogP contribution in [-0.2, 0) is 24.2 Å². The summed E-state index contributed by atoms with van der Waals surface area (Å²) in [5, 5.41) is 14.9. The molecule has 4 rings (SSSR count). The van der Waals surface area contributed by atoms with E-state index in [0.29, 0.717) is 5.75 Å². The number of thiophene rings is 1. The molecule has 1 aromatic carbocycles. The van der Waals surface area contributed by atoms with Crippen LogP contribution in [0, 0.1) is 5.92 Å². The Morgan fingerprint density at radius 3 is 3.06 bits per heavy atom. The quantitative estimate of drug-likeness (QED) is 0.467. The number of anilines is 1. The lowest BCUT2D eigenvalue weighted by atomic mass is 9.88. The molecule has 0 saturated heterocycles. The number of amides is 1. The van der Waals surface area contributed by atoms with Crippen LogP contribution in [0.3, 0.4) is 0 Å². The number of methoxy groups -OCH3 is 1. The van der Waals surface area contributed by atoms with Crippen LogP contribution in [0.5, 0.6) is 5.75 Å². The van der Waals surface area contributed by atoms with E-state index in [1.54, 1.807) is 13.2 Å². The minimum Gasteiger partial charge on any atom is -0.497 e. The van der Waals surface area contributed by atoms with Crippen LogP contribution >= 0.6 is 23.1 Å². The van der Waals surface area contributed by atoms with Crippen LogP contribution in [0.1, 0.15) is 37.1 Å². The van der Waals surface area contributed by atoms with Crippen LogP contribution < -0.4 is 10.1 Å². The fraction of sp³-hybridized carbons (Fsp3) is 0.435. The normalized spacial score (nSPS) is 15.5. The molecule has 1 atom stereocenters. The van der Waals surface area contributed by atoms with Crippen molar-refractivity contribution in [2.45, 2.75) is 51.2 Å². The molecule has 2 aromatic heterocycles. The van der Waals surface area contributed by atoms with Gasteiger partial charge in [0.1, 0.15) is 5.75 Å². The molecule has 3 aromatic rings. The monoisotopic (exact) mass is 456 g/mol. The maximum Gasteiger partial charge on any atom is 0.234 e. The Morgan fingerprint density at radius 2 is 2.26 bits per heavy atom. The van der Waals surface area contributed by atoms with E-state index in [1.165, 1.54) is 34.2 Å². The largest absolute Gasteiger partial charge is 0.497 e. The molecule has 0 bridgehead atoms. The molecule has 0 fully saturated rings. The molecule has 0 radical (unpaired) electrons. The number of ether oxygens (including phenoxy) is 1. The van der Waals surface area contributed by atoms with Crippen molar-refractivity contribution in [1.29, 1.82) is 0 Å². The van der Waals surface area contributed by atoms with E-state index in [1.807, 2.05) is 29.5 Å². The summed E-state index contributed by atoms with van der Waals surface area (Å²) in [7, 11) is 1.61. The molecule has 164 valence electrons. The molecule has 1 aliphatic carbocycles. The Labute approximate surface area is 191 Å². The number of fused-ring (bicyclic) bond motifs is 1. The molecular formula is C23H28N4O2S2. The Morgan fingerprint density at radius 1 is 1.39 bits per heavy atom. The van der Waals surface area contributed by atoms with Crippen molar-refractivity contribution in [3.05, 3.63) is 40.1 Å². The van der Waals surface area contributed by atoms with Gasteiger partial charge in [-0.15, -0.1) is 21.5 Å². The minimum absolute atomic E-state index is 0.0762. The minimum atomic E-state index is -0.0762. The Hall–Kier alpha value is -2.32. The zero-order valence-electron chi connectivity index (χ0n) is 18.2. The first kappa shape index (κ1) is 21.9. The van der Waals surface area contributed by atoms with Crippen molar-refractivity contribution in [1.82, 2.24) is 14.8 Å². The molecule has 8 heteroatoms. The molecule has 1 amide bonds. The van der Waals surface area contributed by atoms with Gasteiger partial charge in [-0.1, -0.05) is 31.7 Å². The molecule has 2 heterocycles. The molecule has 1 aliphatic rings. The molecular weight excluding hydrogens is 428 g/mol. The first-order valence-electron chi connectivity index (χ1n) is 10.7. The van der Waals surface area contributed by atoms with E-state index >= 15 is 0 Å². The number of carbonyl (C=O) groups is 1. The molecule has 0 saturated carbocycles. The van der Waals surface area contributed by atoms with E-state index in [4.69, 9.17) is 4.74 Å². The molecule has 0 aliphatic heterocycles. The molecule has 1 unspecified atom stereocenters. The van der Waals surface area contributed by atoms with Crippen LogP contribution in [-0.4, -0.2) is 33.5 Å². The van der Waals surface area contributed by atoms with Gasteiger partial charge in [0.15, 0.2) is 11.0 Å². The lowest BCUT2D eigenvalue weighted by Gasteiger charge is -2.19. The standard InChI is InChI=1S/C23H28N4O2S2/c1-4-10-27-22(19-13-30-20-11-15(2)8-9-18(19)20)25-26-23(27)31-14-21(28)24-16-6-5-7-17(12-16)29-3/h5-7,12-13,15H,4,8-11,14H2,1-3H3,(H,24,28). The number of hydrogen-bond acceptors (Lipinski definition) is 6. The van der Waals surface area contributed by atoms with Crippen LogP contribution in [0.2, 0.25) is 0 Å². The second-order valence-electron chi connectivity index (χ2n) is 7.93. The summed E-state index contributed by atoms with van der Waals surface area (Å²) in [4.78, 5) is 14.0. The van der Waals surface area contributed by atoms with Gasteiger partial charge in [-0.05, 0) is 49.3 Å². The van der Waals surface area contributed by atoms with Crippen molar-refractivity contribution < 1.29 is 9.53 Å². The maximum absolute atomic E-state index is 12.5. The molecule has 6 nitrogen and oxygen atoms in total. The number of nitrogens with zero attached hydrogens (tertiary/aromatic N) is 3. The second-order valence-corrected chi connectivity index (χ2v) is 9.83. The second kappa shape index (κ2) is 9.87. The van der Waals surface area contributed by atoms with Gasteiger partial charge in [-0.25, -0.2) is 0 Å². The van der Waals surface area contributed by atoms with E-state index in [2.05, 4.69) is 39.3 Å². The van der Waals surface area contributed by atoms with Crippen LogP contribution in [0.25, 0.3) is 11.4 Å². The Kier molecular flexibility index (Phi) is 6.97. The number of nitrogens with one attached hydrogen (secondary N) is 1. The fourth-order valence-corrected chi connectivity index (χ4v) is 5.92. The highest BCUT2D eigenvalue weighted by Crippen LogP contribution is 2.38. The average molecular weight is 457 g/mol. The predicted octanol–water partition coefficient (Wildman–Crippen LogP) is 5.28. The molecule has 1 N–H and O–H groups in total. The SMILES string of the molecule is CCCn1c(SCC(=O)Nc2cccc(OC)c2)nnc1-c1csc2c1CCC(C)C2. The van der Waals surface area contributed by atoms with E-state index < -0.39 is 0 Å². The van der Waals surface area contributed by atoms with Gasteiger partial charge >= 0.3 is 0 Å². The summed E-state index contributed by atoms with van der Waals surface area (Å²) >= 11 is 3.28. The summed E-state index contributed by atoms with van der Waals surface area (Å²) < 4.78 is 7.39. The van der Waals surface area contributed by atoms with Gasteiger partial charge in [0.05, 0.1) is 12.9 Å². The highest BCUT2D eigenvalue weighted by molar-refractivity contribution is 7.99. The molecule has 0 spiro atoms. The highest BCUT2D eigenvalue weighted by Gasteiger charge is 2.24. The van der Waals surface area contributed by atoms with Crippen LogP contribution in [0.4, 0.5) is 5.69 Å². The van der Waals surface area contributed by atoms with E-state index in [-0.39, 0.29) is 11.7 Å². The number of carbonyl (C=O) groups excluding carboxylic acids is 1. The van der Waals surface area contributed by atoms with Gasteiger partial charge in [0, 0.05) is 34.1 Å². The predicted molar refractivity (Wildman–Crippen MR) is 127 cm³/mol. The number of rotatable bonds is 8. The van der Waals surface area contributed by atoms with Crippen molar-refractivity contribution in [3.8, 4) is 17.1 Å². The average Bonchev–Trinajstić information content (AvgIpc) is 3.36. The molecule has 31 heavy (non-hydrogen) atoms. The van der Waals surface area contributed by atoms with Gasteiger partial charge in [0.25, 0.3) is 0 Å². The number of thioether (sulfide) groups is 1. The van der Waals surface area contributed by atoms with E-state index in [0.717, 1.165) is 48.4 Å². The third kappa shape index (κ3) is 4.96. The first-order chi connectivity index (χ1) is 15.1. The maximum atomic E-state index is 12.5. The third-order valence-electron chi connectivity index (χ3n) is 5.49. The lowest BCUT2D eigenvalue weighted by molar-refractivity contribution is -0.113. The topological polar surface area (TPSA) is 69.0 Å². The number of hydrogen-bond donors (Lipinski definition) is 1. The Balaban J connectivity index is 1.48. The van der Waals surface area contributed by atoms with Gasteiger partial charge in [-0.3, -0.25) is 4.79 Å². The fourth-order valence-electron chi connectivity index (χ4n) is 3.91. The zero-order chi connectivity index (χ0) is 21.8. The van der Waals surface area contributed by atoms with Gasteiger partial charge in [-0.2, -0.15) is 0 Å². The summed E-state index contributed by atoms with van der Waals surface area (Å²) in [5.41, 5.74) is 3.39. The smallest absolute Gasteiger partial charge is 0.234 e. The number of benzene rings is 1. The first-order valence-corrected chi connectivity index (χ1v) is 12.5. The number of aromatic nitrogens is 3. The van der Waals surface area contributed by atoms with Crippen molar-refractivity contribution in [2.24, 2.45) is 5.92 Å². The summed E-state index contributed by atoms with van der Waals surface area (Å²) in [6, 6.07) is 7.36. The summed E-state index contributed by atoms with van der Waals surface area (Å²) in [6.45, 7) is 5.31. The summed E-state index contributed by atoms with van der Waals surface area (Å²) in [5.74, 6) is 2.60. The van der Waals surface area contributed by atoms with Crippen molar-refractivity contribution in [2.75, 3.05) is 18.2 Å². The van der Waals surface area contributed by atoms with Crippen LogP contribution in [0.15, 0.2) is 34.8 Å². The zero-order valence-corrected chi connectivity index (χ0v) is 19.8. The Bertz CT molecular complexity index is 1060. The van der Waals surface area contributed by atoms with Gasteiger partial charge < -0.3 is 14.6 Å². The summed E-state index contributed by atoms with van der Waals surface area (Å²) in [6.07, 6.45) is 4.48. The third-order valence-corrected chi connectivity index (χ3v) is 7.51. The van der Waals surface area contributed by atoms with Crippen molar-refractivity contribution in [3.63, 3.8) is 0 Å². The van der Waals surface area contributed by atoms with Gasteiger partial charge in [0.2, 0.25) is 5.91 Å². The van der Waals surface area contributed by atoms with E-state index in [9.17, 15) is 4.79 Å².